The molecule has 1 amide bonds. The van der Waals surface area contributed by atoms with E-state index >= 15 is 0 Å². The van der Waals surface area contributed by atoms with Gasteiger partial charge in [0.25, 0.3) is 5.91 Å². The lowest BCUT2D eigenvalue weighted by Gasteiger charge is -2.38. The number of carbonyl (C=O) groups is 2. The van der Waals surface area contributed by atoms with Gasteiger partial charge >= 0.3 is 5.97 Å². The number of nitrogens with zero attached hydrogens (tertiary/aromatic N) is 4. The van der Waals surface area contributed by atoms with Gasteiger partial charge in [0, 0.05) is 12.1 Å². The summed E-state index contributed by atoms with van der Waals surface area (Å²) < 4.78 is 1.16. The van der Waals surface area contributed by atoms with E-state index in [4.69, 9.17) is 5.11 Å². The van der Waals surface area contributed by atoms with Crippen molar-refractivity contribution in [2.75, 3.05) is 0 Å². The molecule has 104 valence electrons. The van der Waals surface area contributed by atoms with E-state index in [1.807, 2.05) is 18.7 Å². The molecule has 19 heavy (non-hydrogen) atoms. The summed E-state index contributed by atoms with van der Waals surface area (Å²) in [6.07, 6.45) is 4.49. The average molecular weight is 266 g/mol. The number of hydrogen-bond acceptors (Lipinski definition) is 4. The fraction of sp³-hybridized carbons (Fsp3) is 0.667. The van der Waals surface area contributed by atoms with Crippen LogP contribution in [0, 0.1) is 0 Å². The number of amides is 1. The minimum absolute atomic E-state index is 0.170. The zero-order valence-corrected chi connectivity index (χ0v) is 11.1. The molecular formula is C12H18N4O3. The molecule has 1 aliphatic heterocycles. The monoisotopic (exact) mass is 266 g/mol. The zero-order chi connectivity index (χ0) is 14.0. The molecule has 1 aromatic heterocycles. The Kier molecular flexibility index (Phi) is 3.82. The summed E-state index contributed by atoms with van der Waals surface area (Å²) in [5, 5.41) is 16.1. The topological polar surface area (TPSA) is 88.3 Å². The van der Waals surface area contributed by atoms with Gasteiger partial charge in [0.1, 0.15) is 6.54 Å². The largest absolute Gasteiger partial charge is 0.480 e. The summed E-state index contributed by atoms with van der Waals surface area (Å²) in [7, 11) is 0. The van der Waals surface area contributed by atoms with Gasteiger partial charge in [-0.3, -0.25) is 9.59 Å². The first-order valence-electron chi connectivity index (χ1n) is 6.43. The van der Waals surface area contributed by atoms with E-state index < -0.39 is 5.97 Å². The highest BCUT2D eigenvalue weighted by molar-refractivity contribution is 5.92. The second kappa shape index (κ2) is 5.38. The van der Waals surface area contributed by atoms with Crippen LogP contribution in [0.15, 0.2) is 6.20 Å². The Hall–Kier alpha value is -1.92. The molecule has 0 saturated carbocycles. The number of carboxylic acid groups (broad SMARTS) is 1. The van der Waals surface area contributed by atoms with Crippen LogP contribution in [0.1, 0.15) is 43.6 Å². The maximum atomic E-state index is 12.4. The second-order valence-electron chi connectivity index (χ2n) is 5.04. The number of carboxylic acids is 1. The van der Waals surface area contributed by atoms with E-state index in [1.54, 1.807) is 0 Å². The highest BCUT2D eigenvalue weighted by atomic mass is 16.4. The maximum absolute atomic E-state index is 12.4. The molecular weight excluding hydrogens is 248 g/mol. The first kappa shape index (κ1) is 13.5. The predicted octanol–water partition coefficient (Wildman–Crippen LogP) is 0.766. The Morgan fingerprint density at radius 2 is 2.00 bits per heavy atom. The Morgan fingerprint density at radius 3 is 2.58 bits per heavy atom. The molecule has 2 atom stereocenters. The molecule has 0 spiro atoms. The minimum atomic E-state index is -1.01. The van der Waals surface area contributed by atoms with Gasteiger partial charge < -0.3 is 10.0 Å². The third kappa shape index (κ3) is 2.91. The molecule has 0 bridgehead atoms. The van der Waals surface area contributed by atoms with E-state index in [2.05, 4.69) is 10.3 Å². The summed E-state index contributed by atoms with van der Waals surface area (Å²) in [6.45, 7) is 3.76. The quantitative estimate of drug-likeness (QED) is 0.872. The summed E-state index contributed by atoms with van der Waals surface area (Å²) in [5.41, 5.74) is 0.210. The number of piperidine rings is 1. The highest BCUT2D eigenvalue weighted by Gasteiger charge is 2.31. The van der Waals surface area contributed by atoms with Gasteiger partial charge in [0.2, 0.25) is 0 Å². The van der Waals surface area contributed by atoms with E-state index in [0.29, 0.717) is 0 Å². The van der Waals surface area contributed by atoms with Gasteiger partial charge in [0.05, 0.1) is 6.20 Å². The number of rotatable bonds is 3. The molecule has 2 heterocycles. The fourth-order valence-corrected chi connectivity index (χ4v) is 2.57. The van der Waals surface area contributed by atoms with Gasteiger partial charge in [-0.05, 0) is 33.1 Å². The van der Waals surface area contributed by atoms with Crippen LogP contribution in [0.2, 0.25) is 0 Å². The molecule has 1 saturated heterocycles. The van der Waals surface area contributed by atoms with Crippen LogP contribution >= 0.6 is 0 Å². The molecule has 1 aromatic rings. The molecule has 7 nitrogen and oxygen atoms in total. The zero-order valence-electron chi connectivity index (χ0n) is 11.1. The Balaban J connectivity index is 2.14. The molecule has 0 radical (unpaired) electrons. The van der Waals surface area contributed by atoms with Crippen LogP contribution in [0.4, 0.5) is 0 Å². The van der Waals surface area contributed by atoms with Crippen molar-refractivity contribution in [1.29, 1.82) is 0 Å². The normalized spacial score (nSPS) is 23.4. The van der Waals surface area contributed by atoms with E-state index in [9.17, 15) is 9.59 Å². The van der Waals surface area contributed by atoms with E-state index in [-0.39, 0.29) is 30.2 Å². The molecule has 1 aliphatic rings. The SMILES string of the molecule is C[C@@H]1CCC[C@H](C)N1C(=O)c1cn(CC(=O)O)nn1. The number of hydrogen-bond donors (Lipinski definition) is 1. The standard InChI is InChI=1S/C12H18N4O3/c1-8-4-3-5-9(2)16(8)12(19)10-6-15(14-13-10)7-11(17)18/h6,8-9H,3-5,7H2,1-2H3,(H,17,18)/t8-,9+. The third-order valence-corrected chi connectivity index (χ3v) is 3.48. The summed E-state index contributed by atoms with van der Waals surface area (Å²) >= 11 is 0. The summed E-state index contributed by atoms with van der Waals surface area (Å²) in [5.74, 6) is -1.18. The second-order valence-corrected chi connectivity index (χ2v) is 5.04. The van der Waals surface area contributed by atoms with Crippen LogP contribution in [-0.2, 0) is 11.3 Å². The lowest BCUT2D eigenvalue weighted by molar-refractivity contribution is -0.137. The third-order valence-electron chi connectivity index (χ3n) is 3.48. The summed E-state index contributed by atoms with van der Waals surface area (Å²) in [4.78, 5) is 24.8. The van der Waals surface area contributed by atoms with Crippen molar-refractivity contribution >= 4 is 11.9 Å². The predicted molar refractivity (Wildman–Crippen MR) is 66.6 cm³/mol. The van der Waals surface area contributed by atoms with Crippen molar-refractivity contribution in [3.8, 4) is 0 Å². The van der Waals surface area contributed by atoms with Gasteiger partial charge in [-0.1, -0.05) is 5.21 Å². The van der Waals surface area contributed by atoms with Gasteiger partial charge in [-0.25, -0.2) is 4.68 Å². The molecule has 1 N–H and O–H groups in total. The Bertz CT molecular complexity index is 475. The Labute approximate surface area is 111 Å². The lowest BCUT2D eigenvalue weighted by Crippen LogP contribution is -2.47. The highest BCUT2D eigenvalue weighted by Crippen LogP contribution is 2.23. The van der Waals surface area contributed by atoms with Crippen LogP contribution in [-0.4, -0.2) is 49.0 Å². The minimum Gasteiger partial charge on any atom is -0.480 e. The summed E-state index contributed by atoms with van der Waals surface area (Å²) in [6, 6.07) is 0.363. The average Bonchev–Trinajstić information content (AvgIpc) is 2.76. The number of aliphatic carboxylic acids is 1. The molecule has 1 fully saturated rings. The fourth-order valence-electron chi connectivity index (χ4n) is 2.57. The van der Waals surface area contributed by atoms with Crippen LogP contribution in [0.3, 0.4) is 0 Å². The van der Waals surface area contributed by atoms with Gasteiger partial charge in [-0.15, -0.1) is 5.10 Å². The molecule has 0 unspecified atom stereocenters. The first-order valence-corrected chi connectivity index (χ1v) is 6.43. The van der Waals surface area contributed by atoms with Crippen molar-refractivity contribution < 1.29 is 14.7 Å². The van der Waals surface area contributed by atoms with Crippen molar-refractivity contribution in [2.24, 2.45) is 0 Å². The number of carbonyl (C=O) groups excluding carboxylic acids is 1. The van der Waals surface area contributed by atoms with Gasteiger partial charge in [0.15, 0.2) is 5.69 Å². The Morgan fingerprint density at radius 1 is 1.37 bits per heavy atom. The van der Waals surface area contributed by atoms with Crippen molar-refractivity contribution in [3.63, 3.8) is 0 Å². The molecule has 7 heteroatoms. The van der Waals surface area contributed by atoms with Gasteiger partial charge in [-0.2, -0.15) is 0 Å². The van der Waals surface area contributed by atoms with Crippen molar-refractivity contribution in [3.05, 3.63) is 11.9 Å². The molecule has 0 aromatic carbocycles. The van der Waals surface area contributed by atoms with E-state index in [0.717, 1.165) is 23.9 Å². The first-order chi connectivity index (χ1) is 8.99. The van der Waals surface area contributed by atoms with Crippen LogP contribution < -0.4 is 0 Å². The maximum Gasteiger partial charge on any atom is 0.325 e. The smallest absolute Gasteiger partial charge is 0.325 e. The number of aromatic nitrogens is 3. The molecule has 0 aliphatic carbocycles. The lowest BCUT2D eigenvalue weighted by atomic mass is 9.97. The van der Waals surface area contributed by atoms with Crippen LogP contribution in [0.25, 0.3) is 0 Å². The van der Waals surface area contributed by atoms with Crippen LogP contribution in [0.5, 0.6) is 0 Å². The molecule has 2 rings (SSSR count). The van der Waals surface area contributed by atoms with Crippen molar-refractivity contribution in [2.45, 2.75) is 51.7 Å². The van der Waals surface area contributed by atoms with E-state index in [1.165, 1.54) is 6.20 Å². The number of likely N-dealkylation sites (tertiary alicyclic amines) is 1. The van der Waals surface area contributed by atoms with Crippen molar-refractivity contribution in [1.82, 2.24) is 19.9 Å².